The number of carboxylic acids is 1. The second-order valence-electron chi connectivity index (χ2n) is 41.5. The van der Waals surface area contributed by atoms with E-state index in [4.69, 9.17) is 110 Å². The number of nitrogens with zero attached hydrogens (tertiary/aromatic N) is 7. The number of nitrogens with one attached hydrogen (secondary N) is 1. The van der Waals surface area contributed by atoms with E-state index in [1.165, 1.54) is 42.8 Å². The molecule has 0 amide bonds. The summed E-state index contributed by atoms with van der Waals surface area (Å²) in [4.78, 5) is 41.3. The molecule has 0 unspecified atom stereocenters. The van der Waals surface area contributed by atoms with E-state index in [2.05, 4.69) is 40.6 Å². The number of Topliss-reactive ketones (excluding diaryl/α,β-unsaturated/α-hetero) is 1. The van der Waals surface area contributed by atoms with Gasteiger partial charge in [0.25, 0.3) is 0 Å². The first-order chi connectivity index (χ1) is 71.2. The molecule has 4 aromatic heterocycles. The highest BCUT2D eigenvalue weighted by molar-refractivity contribution is 7.92. The molecule has 5 saturated heterocycles. The van der Waals surface area contributed by atoms with E-state index in [1.807, 2.05) is 42.5 Å². The maximum atomic E-state index is 15.4. The van der Waals surface area contributed by atoms with Crippen molar-refractivity contribution in [1.29, 1.82) is 0 Å². The predicted octanol–water partition coefficient (Wildman–Crippen LogP) is 24.4. The first-order valence-corrected chi connectivity index (χ1v) is 55.0. The van der Waals surface area contributed by atoms with Crippen LogP contribution in [0.1, 0.15) is 227 Å². The Morgan fingerprint density at radius 1 is 0.415 bits per heavy atom. The number of aryl methyl sites for hydroxylation is 3. The van der Waals surface area contributed by atoms with Gasteiger partial charge in [-0.15, -0.1) is 0 Å². The lowest BCUT2D eigenvalue weighted by Gasteiger charge is -2.33. The van der Waals surface area contributed by atoms with Crippen molar-refractivity contribution in [2.45, 2.75) is 265 Å². The molecule has 13 fully saturated rings. The second kappa shape index (κ2) is 44.6. The lowest BCUT2D eigenvalue weighted by molar-refractivity contribution is -0.143. The highest BCUT2D eigenvalue weighted by Gasteiger charge is 2.51. The van der Waals surface area contributed by atoms with Crippen LogP contribution in [0.2, 0.25) is 25.1 Å². The Morgan fingerprint density at radius 2 is 0.755 bits per heavy atom. The standard InChI is InChI=1S/C34H37ClF2N2O6S.C30H31ClF2N2O4.C28H27ClF2N2O4.C19H20Cl2N2O2/c35-27-2-1-3-28(36)32(27)33-26(34(45-38-33)21-6-7-21)18-44-31-16-23-15-22(31)17-39(23)30-9-5-20(14-29(30)37)4-8-24(40)19-46(41,42)25-10-12-43-13-11-25;1-2-37-27(36)11-7-17-6-10-25(24(33)12-17)35-15-19-13-20(35)14-26(19)38-16-21-29(34-39-30(21)18-8-9-18)28-22(31)4-3-5-23(28)32;29-20-2-1-3-21(30)26(20)27-19(28(37-32-27)16-6-7-16)14-36-24-12-18-11-17(24)13-33(18)23-8-4-15(10-22(23)31)5-9-25(34)35;20-14-2-1-3-15(21)17(14)18-13(19(25-23-18)10-4-5-10)9-24-16-7-12-6-11(16)8-22-12/h1-3,5,9,14,21-23,25,31H,4,6-8,10-13,15-19H2;3-6,10,12,18-20,26H,2,7-9,11,13-16H2,1H3;1-4,8,10,16-18,24H,5-7,9,11-14H2,(H,34,35);1-3,10-12,16,22H,4-9H2/t22-,23-,31+;19-,20-,26+;17-,18-,24+;11-,12-,16+/m0000/s1. The summed E-state index contributed by atoms with van der Waals surface area (Å²) in [5.74, 6) is 1.56. The number of carbonyl (C=O) groups excluding carboxylic acids is 2. The van der Waals surface area contributed by atoms with Crippen molar-refractivity contribution in [3.05, 3.63) is 249 Å². The third-order valence-corrected chi connectivity index (χ3v) is 35.4. The molecule has 11 aromatic rings. The monoisotopic (exact) mass is 2140 g/mol. The van der Waals surface area contributed by atoms with Gasteiger partial charge in [-0.05, 0) is 249 Å². The molecule has 8 aliphatic carbocycles. The van der Waals surface area contributed by atoms with Crippen molar-refractivity contribution in [3.8, 4) is 45.0 Å². The van der Waals surface area contributed by atoms with E-state index in [9.17, 15) is 40.4 Å². The number of sulfone groups is 1. The molecule has 8 saturated carbocycles. The van der Waals surface area contributed by atoms with E-state index in [1.54, 1.807) is 55.5 Å². The number of fused-ring (bicyclic) bond motifs is 8. The van der Waals surface area contributed by atoms with Crippen LogP contribution in [-0.2, 0) is 98.3 Å². The van der Waals surface area contributed by atoms with Crippen LogP contribution in [0.5, 0.6) is 0 Å². The lowest BCUT2D eigenvalue weighted by atomic mass is 10.0. The van der Waals surface area contributed by atoms with Crippen LogP contribution < -0.4 is 20.0 Å². The summed E-state index contributed by atoms with van der Waals surface area (Å²) in [6, 6.07) is 35.6. The van der Waals surface area contributed by atoms with Gasteiger partial charge in [0.2, 0.25) is 0 Å². The zero-order valence-electron chi connectivity index (χ0n) is 81.2. The Bertz CT molecular complexity index is 6730. The Hall–Kier alpha value is -9.87. The van der Waals surface area contributed by atoms with Crippen LogP contribution in [-0.4, -0.2) is 157 Å². The molecule has 36 heteroatoms. The maximum absolute atomic E-state index is 15.4. The summed E-state index contributed by atoms with van der Waals surface area (Å²) in [5, 5.41) is 30.8. The molecule has 13 aliphatic rings. The molecule has 9 heterocycles. The number of anilines is 3. The summed E-state index contributed by atoms with van der Waals surface area (Å²) in [6.45, 7) is 7.30. The molecule has 147 heavy (non-hydrogen) atoms. The van der Waals surface area contributed by atoms with Gasteiger partial charge in [0, 0.05) is 152 Å². The summed E-state index contributed by atoms with van der Waals surface area (Å²) in [5.41, 5.74) is 10.5. The molecule has 778 valence electrons. The van der Waals surface area contributed by atoms with Crippen molar-refractivity contribution in [2.24, 2.45) is 23.7 Å². The number of benzene rings is 7. The van der Waals surface area contributed by atoms with Gasteiger partial charge in [0.05, 0.1) is 122 Å². The summed E-state index contributed by atoms with van der Waals surface area (Å²) < 4.78 is 173. The van der Waals surface area contributed by atoms with Gasteiger partial charge in [-0.25, -0.2) is 34.8 Å². The molecular formula is C111H115Cl5F6N8O16S. The van der Waals surface area contributed by atoms with Crippen LogP contribution in [0, 0.1) is 58.6 Å². The number of ether oxygens (including phenoxy) is 6. The van der Waals surface area contributed by atoms with Gasteiger partial charge in [0.15, 0.2) is 9.84 Å². The number of ketones is 1. The minimum atomic E-state index is -3.51. The van der Waals surface area contributed by atoms with E-state index >= 15 is 8.78 Å². The highest BCUT2D eigenvalue weighted by Crippen LogP contribution is 2.54. The quantitative estimate of drug-likeness (QED) is 0.0272. The van der Waals surface area contributed by atoms with Crippen molar-refractivity contribution in [1.82, 2.24) is 25.9 Å². The smallest absolute Gasteiger partial charge is 0.306 e. The number of piperidine rings is 4. The normalized spacial score (nSPS) is 23.6. The van der Waals surface area contributed by atoms with Crippen molar-refractivity contribution < 1.29 is 101 Å². The Kier molecular flexibility index (Phi) is 31.2. The van der Waals surface area contributed by atoms with Crippen molar-refractivity contribution in [2.75, 3.05) is 66.5 Å². The van der Waals surface area contributed by atoms with E-state index < -0.39 is 44.3 Å². The molecule has 24 rings (SSSR count). The molecule has 12 atom stereocenters. The largest absolute Gasteiger partial charge is 0.481 e. The molecule has 8 bridgehead atoms. The van der Waals surface area contributed by atoms with Crippen LogP contribution in [0.3, 0.4) is 0 Å². The summed E-state index contributed by atoms with van der Waals surface area (Å²) in [6.07, 6.45) is 18.1. The number of rotatable bonds is 36. The SMILES string of the molecule is CCOC(=O)CCc1ccc(N2C[C@@H]3C[C@H]2C[C@H]3OCc2c(-c3c(F)cccc3Cl)noc2C2CC2)c(F)c1.Clc1cccc(Cl)c1-c1noc(C2CC2)c1CO[C@@H]1C[C@@H]2C[C@H]1CN2.O=C(CCc1ccc(N2C[C@@H]3C[C@H]2C[C@H]3OCc2c(-c3c(F)cccc3Cl)noc2C2CC2)c(F)c1)CS(=O)(=O)C1CCOCC1.O=C(O)CCc1ccc(N2C[C@@H]3C[C@H]2C[C@H]3OCc2c(-c3c(F)cccc3Cl)noc2C2CC2)c(F)c1. The number of aromatic nitrogens is 4. The van der Waals surface area contributed by atoms with E-state index in [0.717, 1.165) is 165 Å². The number of hydrogen-bond donors (Lipinski definition) is 2. The van der Waals surface area contributed by atoms with Crippen molar-refractivity contribution in [3.63, 3.8) is 0 Å². The third kappa shape index (κ3) is 22.9. The molecule has 0 radical (unpaired) electrons. The molecule has 0 spiro atoms. The van der Waals surface area contributed by atoms with Crippen molar-refractivity contribution >= 4 is 103 Å². The Morgan fingerprint density at radius 3 is 1.07 bits per heavy atom. The number of halogens is 11. The predicted molar refractivity (Wildman–Crippen MR) is 542 cm³/mol. The van der Waals surface area contributed by atoms with E-state index in [0.29, 0.717) is 151 Å². The lowest BCUT2D eigenvalue weighted by Crippen LogP contribution is -2.39. The van der Waals surface area contributed by atoms with Crippen LogP contribution in [0.15, 0.2) is 145 Å². The zero-order chi connectivity index (χ0) is 102. The molecule has 7 aromatic carbocycles. The van der Waals surface area contributed by atoms with Gasteiger partial charge >= 0.3 is 11.9 Å². The van der Waals surface area contributed by atoms with Gasteiger partial charge in [-0.2, -0.15) is 0 Å². The fraction of sp³-hybridized carbons (Fsp3) is 0.486. The van der Waals surface area contributed by atoms with Gasteiger partial charge < -0.3 is 71.6 Å². The molecule has 24 nitrogen and oxygen atoms in total. The number of esters is 1. The van der Waals surface area contributed by atoms with Gasteiger partial charge in [0.1, 0.15) is 92.3 Å². The third-order valence-electron chi connectivity index (χ3n) is 31.6. The minimum absolute atomic E-state index is 0.00467. The average molecular weight is 2140 g/mol. The molecule has 2 N–H and O–H groups in total. The maximum Gasteiger partial charge on any atom is 0.306 e. The van der Waals surface area contributed by atoms with Gasteiger partial charge in [-0.3, -0.25) is 14.4 Å². The second-order valence-corrected chi connectivity index (χ2v) is 45.9. The fourth-order valence-electron chi connectivity index (χ4n) is 23.4. The van der Waals surface area contributed by atoms with E-state index in [-0.39, 0.29) is 178 Å². The van der Waals surface area contributed by atoms with Crippen LogP contribution >= 0.6 is 58.0 Å². The zero-order valence-corrected chi connectivity index (χ0v) is 85.8. The fourth-order valence-corrected chi connectivity index (χ4v) is 26.5. The summed E-state index contributed by atoms with van der Waals surface area (Å²) in [7, 11) is -3.51. The molecule has 5 aliphatic heterocycles. The first kappa shape index (κ1) is 103. The number of carboxylic acid groups (broad SMARTS) is 1. The summed E-state index contributed by atoms with van der Waals surface area (Å²) >= 11 is 31.8. The van der Waals surface area contributed by atoms with Gasteiger partial charge in [-0.1, -0.05) is 121 Å². The first-order valence-electron chi connectivity index (χ1n) is 51.4. The average Bonchev–Trinajstić information content (AvgIpc) is 1.62. The number of carbonyl (C=O) groups is 3. The number of hydrogen-bond acceptors (Lipinski definition) is 23. The Balaban J connectivity index is 0.000000117. The van der Waals surface area contributed by atoms with Crippen LogP contribution in [0.4, 0.5) is 43.4 Å². The number of aliphatic carboxylic acids is 1. The Labute approximate surface area is 873 Å². The highest BCUT2D eigenvalue weighted by atomic mass is 35.5. The minimum Gasteiger partial charge on any atom is -0.481 e. The topological polar surface area (TPSA) is 287 Å². The molecular weight excluding hydrogens is 2020 g/mol. The van der Waals surface area contributed by atoms with Crippen LogP contribution in [0.25, 0.3) is 45.0 Å².